The fraction of sp³-hybridized carbons (Fsp3) is 0.500. The van der Waals surface area contributed by atoms with Crippen LogP contribution in [0.15, 0.2) is 12.7 Å². The first-order valence-corrected chi connectivity index (χ1v) is 10.3. The molecule has 0 aromatic carbocycles. The Morgan fingerprint density at radius 3 is 2.57 bits per heavy atom. The van der Waals surface area contributed by atoms with Gasteiger partial charge in [0.2, 0.25) is 7.75 Å². The summed E-state index contributed by atoms with van der Waals surface area (Å²) >= 11 is 0. The first-order chi connectivity index (χ1) is 12.5. The van der Waals surface area contributed by atoms with Crippen LogP contribution in [0.5, 0.6) is 0 Å². The molecule has 0 bridgehead atoms. The zero-order valence-electron chi connectivity index (χ0n) is 14.0. The molecule has 1 aliphatic rings. The molecule has 3 heterocycles. The molecule has 28 heavy (non-hydrogen) atoms. The van der Waals surface area contributed by atoms with E-state index in [1.54, 1.807) is 0 Å². The molecule has 15 nitrogen and oxygen atoms in total. The van der Waals surface area contributed by atoms with Crippen LogP contribution in [0.4, 0.5) is 5.82 Å². The summed E-state index contributed by atoms with van der Waals surface area (Å²) in [5.74, 6) is 0.0833. The monoisotopic (exact) mass is 448 g/mol. The normalized spacial score (nSPS) is 29.2. The number of ether oxygens (including phenoxy) is 1. The quantitative estimate of drug-likeness (QED) is 0.248. The average Bonchev–Trinajstić information content (AvgIpc) is 3.07. The van der Waals surface area contributed by atoms with Gasteiger partial charge in [-0.2, -0.15) is 0 Å². The second kappa shape index (κ2) is 8.55. The van der Waals surface area contributed by atoms with E-state index in [1.165, 1.54) is 10.9 Å². The van der Waals surface area contributed by atoms with Gasteiger partial charge in [0.05, 0.1) is 12.9 Å². The number of nitrogens with zero attached hydrogens (tertiary/aromatic N) is 4. The molecule has 2 aromatic heterocycles. The van der Waals surface area contributed by atoms with E-state index in [-0.39, 0.29) is 40.0 Å². The Kier molecular flexibility index (Phi) is 7.19. The molecule has 0 saturated carbocycles. The molecule has 0 amide bonds. The molecule has 150 valence electrons. The zero-order valence-corrected chi connectivity index (χ0v) is 17.2. The molecule has 0 aliphatic carbocycles. The Morgan fingerprint density at radius 1 is 1.25 bits per heavy atom. The Balaban J connectivity index is 0.00000280. The first-order valence-electron chi connectivity index (χ1n) is 7.20. The van der Waals surface area contributed by atoms with E-state index in [0.29, 0.717) is 0 Å². The fourth-order valence-corrected chi connectivity index (χ4v) is 4.11. The molecule has 2 aromatic rings. The summed E-state index contributed by atoms with van der Waals surface area (Å²) in [6.07, 6.45) is -3.25. The topological polar surface area (TPSA) is 244 Å². The van der Waals surface area contributed by atoms with Gasteiger partial charge in [-0.1, -0.05) is 0 Å². The largest absolute Gasteiger partial charge is 2.00 e. The van der Waals surface area contributed by atoms with Crippen molar-refractivity contribution < 1.29 is 42.7 Å². The molecule has 3 rings (SSSR count). The number of aliphatic hydroxyl groups excluding tert-OH is 2. The van der Waals surface area contributed by atoms with Gasteiger partial charge in [-0.25, -0.2) is 15.0 Å². The van der Waals surface area contributed by atoms with Crippen molar-refractivity contribution in [3.63, 3.8) is 0 Å². The number of phosphoric ester groups is 1. The van der Waals surface area contributed by atoms with Crippen LogP contribution in [0, 0.1) is 0 Å². The number of phosphoric acid groups is 1. The number of fused-ring (bicyclic) bond motifs is 1. The van der Waals surface area contributed by atoms with Crippen molar-refractivity contribution in [2.75, 3.05) is 12.3 Å². The van der Waals surface area contributed by atoms with E-state index in [9.17, 15) is 29.1 Å². The molecule has 1 saturated heterocycles. The van der Waals surface area contributed by atoms with Crippen LogP contribution in [0.25, 0.3) is 11.2 Å². The van der Waals surface area contributed by atoms with Gasteiger partial charge in [0.15, 0.2) is 17.7 Å². The van der Waals surface area contributed by atoms with E-state index >= 15 is 0 Å². The van der Waals surface area contributed by atoms with Crippen molar-refractivity contribution in [3.05, 3.63) is 12.7 Å². The van der Waals surface area contributed by atoms with Crippen molar-refractivity contribution in [1.82, 2.24) is 19.5 Å². The summed E-state index contributed by atoms with van der Waals surface area (Å²) in [7, 11) is -10.4. The fourth-order valence-electron chi connectivity index (χ4n) is 2.48. The summed E-state index contributed by atoms with van der Waals surface area (Å²) in [5, 5.41) is 20.3. The predicted octanol–water partition coefficient (Wildman–Crippen LogP) is -3.42. The Morgan fingerprint density at radius 2 is 1.93 bits per heavy atom. The number of hydrogen-bond acceptors (Lipinski definition) is 13. The molecule has 2 unspecified atom stereocenters. The van der Waals surface area contributed by atoms with Crippen LogP contribution in [-0.2, 0) is 22.7 Å². The van der Waals surface area contributed by atoms with Crippen molar-refractivity contribution >= 4 is 55.6 Å². The molecule has 0 radical (unpaired) electrons. The number of aromatic nitrogens is 4. The van der Waals surface area contributed by atoms with Crippen LogP contribution in [-0.4, -0.2) is 77.7 Å². The number of aliphatic hydroxyl groups is 2. The van der Waals surface area contributed by atoms with Gasteiger partial charge in [-0.3, -0.25) is 23.5 Å². The van der Waals surface area contributed by atoms with Gasteiger partial charge >= 0.3 is 23.1 Å². The number of imidazole rings is 1. The van der Waals surface area contributed by atoms with Crippen molar-refractivity contribution in [2.24, 2.45) is 5.50 Å². The molecule has 6 atom stereocenters. The number of rotatable bonds is 6. The van der Waals surface area contributed by atoms with E-state index < -0.39 is 46.7 Å². The maximum absolute atomic E-state index is 11.4. The number of nitrogen functional groups attached to an aromatic ring is 1. The van der Waals surface area contributed by atoms with Gasteiger partial charge in [0.25, 0.3) is 7.82 Å². The predicted molar refractivity (Wildman–Crippen MR) is 87.9 cm³/mol. The van der Waals surface area contributed by atoms with Crippen LogP contribution in [0.1, 0.15) is 6.23 Å². The molecular weight excluding hydrogens is 434 g/mol. The Bertz CT molecular complexity index is 939. The van der Waals surface area contributed by atoms with E-state index in [0.717, 1.165) is 6.33 Å². The maximum Gasteiger partial charge on any atom is 2.00 e. The minimum Gasteiger partial charge on any atom is -0.766 e. The van der Waals surface area contributed by atoms with Crippen molar-refractivity contribution in [2.45, 2.75) is 24.5 Å². The maximum atomic E-state index is 11.4. The van der Waals surface area contributed by atoms with Crippen molar-refractivity contribution in [3.8, 4) is 0 Å². The summed E-state index contributed by atoms with van der Waals surface area (Å²) in [6.45, 7) is -0.848. The van der Waals surface area contributed by atoms with Gasteiger partial charge < -0.3 is 35.0 Å². The van der Waals surface area contributed by atoms with Gasteiger partial charge in [-0.15, -0.1) is 0 Å². The molecule has 1 aliphatic heterocycles. The number of hydrogen-bond donors (Lipinski definition) is 4. The van der Waals surface area contributed by atoms with Gasteiger partial charge in [0.1, 0.15) is 30.2 Å². The summed E-state index contributed by atoms with van der Waals surface area (Å²) in [5.41, 5.74) is 10.6. The number of nitrogens with two attached hydrogens (primary N) is 2. The second-order valence-electron chi connectivity index (χ2n) is 5.49. The Hall–Kier alpha value is -0.744. The molecule has 0 spiro atoms. The zero-order chi connectivity index (χ0) is 20.0. The van der Waals surface area contributed by atoms with E-state index in [4.69, 9.17) is 10.5 Å². The average molecular weight is 449 g/mol. The third-order valence-corrected chi connectivity index (χ3v) is 5.78. The summed E-state index contributed by atoms with van der Waals surface area (Å²) < 4.78 is 36.7. The second-order valence-corrected chi connectivity index (χ2v) is 8.38. The standard InChI is InChI=1S/C10H16N6O9P2.Mg/c11-8-5-9(14-2-13-8)16(3-15-5)10-7(18)6(17)4(24-10)1-23-27(21,22)25-26(12,19)20;/h2-4,6-7,10,17-18H,1H2,(H,21,22)(H2,11,13,14)(H3,12,19,20);/q;+2/p-2/t4-,6-,7-,10-;/m1./s1. The molecule has 6 N–H and O–H groups in total. The van der Waals surface area contributed by atoms with Gasteiger partial charge in [-0.05, 0) is 0 Å². The van der Waals surface area contributed by atoms with Crippen LogP contribution < -0.4 is 21.0 Å². The minimum absolute atomic E-state index is 0. The summed E-state index contributed by atoms with van der Waals surface area (Å²) in [4.78, 5) is 33.8. The molecular formula is C10H14MgN6O9P2. The molecule has 18 heteroatoms. The first kappa shape index (κ1) is 23.5. The smallest absolute Gasteiger partial charge is 0.766 e. The van der Waals surface area contributed by atoms with Crippen LogP contribution >= 0.6 is 15.6 Å². The van der Waals surface area contributed by atoms with Crippen LogP contribution in [0.2, 0.25) is 0 Å². The SMILES string of the molecule is Nc1ncnc2c1ncn2[C@@H]1O[C@H](COP(=O)([O-])OP(N)(=O)[O-])[C@@H](O)[C@H]1O.[Mg+2]. The van der Waals surface area contributed by atoms with Gasteiger partial charge in [0, 0.05) is 0 Å². The van der Waals surface area contributed by atoms with Crippen molar-refractivity contribution in [1.29, 1.82) is 0 Å². The van der Waals surface area contributed by atoms with E-state index in [1.807, 2.05) is 0 Å². The third kappa shape index (κ3) is 5.05. The molecule has 1 fully saturated rings. The summed E-state index contributed by atoms with van der Waals surface area (Å²) in [6, 6.07) is 0. The Labute approximate surface area is 173 Å². The number of anilines is 1. The van der Waals surface area contributed by atoms with Crippen LogP contribution in [0.3, 0.4) is 0 Å². The van der Waals surface area contributed by atoms with E-state index in [2.05, 4.69) is 29.3 Å². The third-order valence-electron chi connectivity index (χ3n) is 3.61. The minimum atomic E-state index is -5.32.